The minimum atomic E-state index is -3.76. The second-order valence-electron chi connectivity index (χ2n) is 5.63. The SMILES string of the molecule is Cc1cc(N(C)S(=O)(=O)c2cccc(C(=O)N(C)C)c2)ccc1Br. The fourth-order valence-corrected chi connectivity index (χ4v) is 3.65. The third-order valence-corrected chi connectivity index (χ3v) is 6.32. The first-order chi connectivity index (χ1) is 11.1. The first kappa shape index (κ1) is 18.5. The van der Waals surface area contributed by atoms with Gasteiger partial charge in [0.05, 0.1) is 10.6 Å². The molecule has 128 valence electrons. The molecule has 5 nitrogen and oxygen atoms in total. The van der Waals surface area contributed by atoms with Gasteiger partial charge in [-0.2, -0.15) is 0 Å². The molecule has 7 heteroatoms. The Hall–Kier alpha value is -1.86. The molecule has 2 aromatic carbocycles. The second kappa shape index (κ2) is 6.94. The molecule has 2 rings (SSSR count). The van der Waals surface area contributed by atoms with E-state index in [4.69, 9.17) is 0 Å². The van der Waals surface area contributed by atoms with Crippen LogP contribution in [0.3, 0.4) is 0 Å². The number of carbonyl (C=O) groups excluding carboxylic acids is 1. The maximum atomic E-state index is 12.9. The van der Waals surface area contributed by atoms with Gasteiger partial charge in [0.1, 0.15) is 0 Å². The van der Waals surface area contributed by atoms with Gasteiger partial charge in [-0.3, -0.25) is 9.10 Å². The van der Waals surface area contributed by atoms with Crippen molar-refractivity contribution in [3.05, 3.63) is 58.1 Å². The predicted octanol–water partition coefficient (Wildman–Crippen LogP) is 3.28. The standard InChI is InChI=1S/C17H19BrN2O3S/c1-12-10-14(8-9-16(12)18)20(4)24(22,23)15-7-5-6-13(11-15)17(21)19(2)3/h5-11H,1-4H3. The zero-order valence-corrected chi connectivity index (χ0v) is 16.3. The molecule has 0 heterocycles. The average molecular weight is 411 g/mol. The van der Waals surface area contributed by atoms with Gasteiger partial charge in [-0.05, 0) is 48.9 Å². The summed E-state index contributed by atoms with van der Waals surface area (Å²) < 4.78 is 27.9. The molecule has 0 spiro atoms. The van der Waals surface area contributed by atoms with Crippen molar-refractivity contribution in [3.8, 4) is 0 Å². The van der Waals surface area contributed by atoms with E-state index in [1.807, 2.05) is 13.0 Å². The Balaban J connectivity index is 2.44. The van der Waals surface area contributed by atoms with E-state index in [1.54, 1.807) is 38.4 Å². The third kappa shape index (κ3) is 3.62. The molecule has 0 saturated carbocycles. The molecule has 0 fully saturated rings. The van der Waals surface area contributed by atoms with E-state index in [0.29, 0.717) is 11.3 Å². The third-order valence-electron chi connectivity index (χ3n) is 3.65. The van der Waals surface area contributed by atoms with Gasteiger partial charge in [0, 0.05) is 31.2 Å². The minimum absolute atomic E-state index is 0.0817. The highest BCUT2D eigenvalue weighted by atomic mass is 79.9. The Morgan fingerprint density at radius 2 is 1.71 bits per heavy atom. The second-order valence-corrected chi connectivity index (χ2v) is 8.46. The lowest BCUT2D eigenvalue weighted by Gasteiger charge is -2.21. The van der Waals surface area contributed by atoms with E-state index in [-0.39, 0.29) is 10.8 Å². The summed E-state index contributed by atoms with van der Waals surface area (Å²) in [6.45, 7) is 1.89. The summed E-state index contributed by atoms with van der Waals surface area (Å²) in [6.07, 6.45) is 0. The van der Waals surface area contributed by atoms with E-state index in [9.17, 15) is 13.2 Å². The van der Waals surface area contributed by atoms with E-state index in [0.717, 1.165) is 10.0 Å². The highest BCUT2D eigenvalue weighted by molar-refractivity contribution is 9.10. The number of benzene rings is 2. The summed E-state index contributed by atoms with van der Waals surface area (Å²) in [5, 5.41) is 0. The molecule has 0 aliphatic carbocycles. The van der Waals surface area contributed by atoms with Gasteiger partial charge in [-0.25, -0.2) is 8.42 Å². The van der Waals surface area contributed by atoms with Crippen LogP contribution in [0.2, 0.25) is 0 Å². The minimum Gasteiger partial charge on any atom is -0.345 e. The predicted molar refractivity (Wildman–Crippen MR) is 98.9 cm³/mol. The average Bonchev–Trinajstić information content (AvgIpc) is 2.56. The first-order valence-corrected chi connectivity index (χ1v) is 9.44. The Morgan fingerprint density at radius 3 is 2.29 bits per heavy atom. The Bertz CT molecular complexity index is 879. The molecule has 2 aromatic rings. The highest BCUT2D eigenvalue weighted by Gasteiger charge is 2.23. The Kier molecular flexibility index (Phi) is 5.35. The first-order valence-electron chi connectivity index (χ1n) is 7.21. The zero-order chi connectivity index (χ0) is 18.1. The Labute approximate surface area is 151 Å². The molecule has 0 radical (unpaired) electrons. The molecule has 24 heavy (non-hydrogen) atoms. The van der Waals surface area contributed by atoms with Crippen LogP contribution in [0.25, 0.3) is 0 Å². The van der Waals surface area contributed by atoms with E-state index < -0.39 is 10.0 Å². The van der Waals surface area contributed by atoms with Crippen molar-refractivity contribution in [2.24, 2.45) is 0 Å². The van der Waals surface area contributed by atoms with E-state index in [1.165, 1.54) is 28.4 Å². The fourth-order valence-electron chi connectivity index (χ4n) is 2.17. The summed E-state index contributed by atoms with van der Waals surface area (Å²) in [7, 11) is 0.993. The van der Waals surface area contributed by atoms with Gasteiger partial charge in [0.25, 0.3) is 15.9 Å². The maximum absolute atomic E-state index is 12.9. The Morgan fingerprint density at radius 1 is 1.04 bits per heavy atom. The van der Waals surface area contributed by atoms with Crippen molar-refractivity contribution >= 4 is 37.5 Å². The van der Waals surface area contributed by atoms with Crippen molar-refractivity contribution < 1.29 is 13.2 Å². The monoisotopic (exact) mass is 410 g/mol. The van der Waals surface area contributed by atoms with Crippen LogP contribution in [0.15, 0.2) is 51.8 Å². The molecular weight excluding hydrogens is 392 g/mol. The summed E-state index contributed by atoms with van der Waals surface area (Å²) in [5.41, 5.74) is 1.83. The number of rotatable bonds is 4. The van der Waals surface area contributed by atoms with Crippen LogP contribution < -0.4 is 4.31 Å². The van der Waals surface area contributed by atoms with Gasteiger partial charge < -0.3 is 4.90 Å². The van der Waals surface area contributed by atoms with Crippen LogP contribution in [0, 0.1) is 6.92 Å². The number of aryl methyl sites for hydroxylation is 1. The summed E-state index contributed by atoms with van der Waals surface area (Å²) in [4.78, 5) is 13.5. The van der Waals surface area contributed by atoms with Crippen LogP contribution in [-0.2, 0) is 10.0 Å². The molecular formula is C17H19BrN2O3S. The number of carbonyl (C=O) groups is 1. The highest BCUT2D eigenvalue weighted by Crippen LogP contribution is 2.26. The lowest BCUT2D eigenvalue weighted by atomic mass is 10.2. The van der Waals surface area contributed by atoms with E-state index >= 15 is 0 Å². The summed E-state index contributed by atoms with van der Waals surface area (Å²) in [6, 6.07) is 11.4. The summed E-state index contributed by atoms with van der Waals surface area (Å²) >= 11 is 3.40. The van der Waals surface area contributed by atoms with Gasteiger partial charge in [-0.1, -0.05) is 22.0 Å². The molecule has 1 amide bonds. The lowest BCUT2D eigenvalue weighted by molar-refractivity contribution is 0.0827. The number of hydrogen-bond acceptors (Lipinski definition) is 3. The van der Waals surface area contributed by atoms with Crippen LogP contribution in [-0.4, -0.2) is 40.4 Å². The topological polar surface area (TPSA) is 57.7 Å². The number of amides is 1. The number of sulfonamides is 1. The number of nitrogens with zero attached hydrogens (tertiary/aromatic N) is 2. The van der Waals surface area contributed by atoms with Crippen molar-refractivity contribution in [2.45, 2.75) is 11.8 Å². The maximum Gasteiger partial charge on any atom is 0.264 e. The summed E-state index contributed by atoms with van der Waals surface area (Å²) in [5.74, 6) is -0.241. The van der Waals surface area contributed by atoms with Gasteiger partial charge >= 0.3 is 0 Å². The van der Waals surface area contributed by atoms with Crippen LogP contribution in [0.1, 0.15) is 15.9 Å². The van der Waals surface area contributed by atoms with Crippen LogP contribution in [0.5, 0.6) is 0 Å². The molecule has 0 unspecified atom stereocenters. The molecule has 0 aliphatic heterocycles. The van der Waals surface area contributed by atoms with Gasteiger partial charge in [-0.15, -0.1) is 0 Å². The molecule has 0 N–H and O–H groups in total. The lowest BCUT2D eigenvalue weighted by Crippen LogP contribution is -2.27. The van der Waals surface area contributed by atoms with E-state index in [2.05, 4.69) is 15.9 Å². The van der Waals surface area contributed by atoms with Crippen LogP contribution >= 0.6 is 15.9 Å². The van der Waals surface area contributed by atoms with Crippen molar-refractivity contribution in [1.82, 2.24) is 4.90 Å². The molecule has 0 saturated heterocycles. The molecule has 0 aliphatic rings. The molecule has 0 atom stereocenters. The van der Waals surface area contributed by atoms with Crippen molar-refractivity contribution in [2.75, 3.05) is 25.4 Å². The largest absolute Gasteiger partial charge is 0.345 e. The smallest absolute Gasteiger partial charge is 0.264 e. The fraction of sp³-hybridized carbons (Fsp3) is 0.235. The number of anilines is 1. The van der Waals surface area contributed by atoms with Crippen molar-refractivity contribution in [1.29, 1.82) is 0 Å². The van der Waals surface area contributed by atoms with Crippen LogP contribution in [0.4, 0.5) is 5.69 Å². The van der Waals surface area contributed by atoms with Gasteiger partial charge in [0.2, 0.25) is 0 Å². The van der Waals surface area contributed by atoms with Gasteiger partial charge in [0.15, 0.2) is 0 Å². The molecule has 0 bridgehead atoms. The number of halogens is 1. The zero-order valence-electron chi connectivity index (χ0n) is 13.9. The normalized spacial score (nSPS) is 11.2. The quantitative estimate of drug-likeness (QED) is 0.776. The molecule has 0 aromatic heterocycles. The van der Waals surface area contributed by atoms with Crippen molar-refractivity contribution in [3.63, 3.8) is 0 Å². The number of hydrogen-bond donors (Lipinski definition) is 0.